The Labute approximate surface area is 134 Å². The third kappa shape index (κ3) is 3.07. The van der Waals surface area contributed by atoms with Gasteiger partial charge in [0, 0.05) is 0 Å². The molecule has 1 aliphatic rings. The number of hydrogen-bond acceptors (Lipinski definition) is 5. The molecule has 6 heteroatoms. The summed E-state index contributed by atoms with van der Waals surface area (Å²) in [5, 5.41) is 0. The number of fused-ring (bicyclic) bond motifs is 1. The van der Waals surface area contributed by atoms with Gasteiger partial charge in [-0.05, 0) is 36.4 Å². The van der Waals surface area contributed by atoms with Crippen molar-refractivity contribution in [3.05, 3.63) is 54.1 Å². The van der Waals surface area contributed by atoms with E-state index >= 15 is 0 Å². The number of hydrogen-bond donors (Lipinski definition) is 0. The van der Waals surface area contributed by atoms with Crippen LogP contribution in [0.15, 0.2) is 53.4 Å². The highest BCUT2D eigenvalue weighted by Crippen LogP contribution is 2.29. The predicted octanol–water partition coefficient (Wildman–Crippen LogP) is 2.36. The molecule has 0 unspecified atom stereocenters. The molecule has 2 aromatic carbocycles. The van der Waals surface area contributed by atoms with Crippen molar-refractivity contribution in [2.24, 2.45) is 5.92 Å². The van der Waals surface area contributed by atoms with E-state index in [0.717, 1.165) is 0 Å². The molecule has 0 saturated heterocycles. The summed E-state index contributed by atoms with van der Waals surface area (Å²) in [5.74, 6) is -0.0709. The Hall–Kier alpha value is -2.34. The topological polar surface area (TPSA) is 69.7 Å². The highest BCUT2D eigenvalue weighted by atomic mass is 32.2. The van der Waals surface area contributed by atoms with Crippen LogP contribution in [-0.2, 0) is 9.84 Å². The zero-order valence-corrected chi connectivity index (χ0v) is 13.4. The standard InChI is InChI=1S/C17H16O5S/c1-21-13-6-8-14(9-7-13)23(19,20)11-12-10-22-16-5-3-2-4-15(16)17(12)18/h2-9,12H,10-11H2,1H3/t12-/m1/s1. The van der Waals surface area contributed by atoms with Gasteiger partial charge >= 0.3 is 0 Å². The molecule has 2 aromatic rings. The quantitative estimate of drug-likeness (QED) is 0.860. The van der Waals surface area contributed by atoms with Crippen molar-refractivity contribution < 1.29 is 22.7 Å². The smallest absolute Gasteiger partial charge is 0.179 e. The van der Waals surface area contributed by atoms with Crippen LogP contribution < -0.4 is 9.47 Å². The van der Waals surface area contributed by atoms with Gasteiger partial charge in [0.1, 0.15) is 11.5 Å². The summed E-state index contributed by atoms with van der Waals surface area (Å²) in [6.07, 6.45) is 0. The molecule has 0 radical (unpaired) electrons. The molecule has 0 aromatic heterocycles. The minimum absolute atomic E-state index is 0.0746. The second kappa shape index (κ2) is 6.04. The Morgan fingerprint density at radius 1 is 1.13 bits per heavy atom. The number of carbonyl (C=O) groups is 1. The van der Waals surface area contributed by atoms with Crippen molar-refractivity contribution >= 4 is 15.6 Å². The van der Waals surface area contributed by atoms with Crippen LogP contribution >= 0.6 is 0 Å². The molecule has 0 N–H and O–H groups in total. The Morgan fingerprint density at radius 2 is 1.83 bits per heavy atom. The minimum Gasteiger partial charge on any atom is -0.497 e. The van der Waals surface area contributed by atoms with E-state index in [1.165, 1.54) is 19.2 Å². The van der Waals surface area contributed by atoms with Gasteiger partial charge in [-0.3, -0.25) is 4.79 Å². The van der Waals surface area contributed by atoms with Gasteiger partial charge < -0.3 is 9.47 Å². The fourth-order valence-corrected chi connectivity index (χ4v) is 4.07. The zero-order valence-electron chi connectivity index (χ0n) is 12.6. The lowest BCUT2D eigenvalue weighted by molar-refractivity contribution is 0.0851. The van der Waals surface area contributed by atoms with E-state index in [9.17, 15) is 13.2 Å². The van der Waals surface area contributed by atoms with Crippen LogP contribution in [0, 0.1) is 5.92 Å². The molecule has 0 bridgehead atoms. The second-order valence-electron chi connectivity index (χ2n) is 5.33. The molecule has 1 heterocycles. The average Bonchev–Trinajstić information content (AvgIpc) is 2.57. The highest BCUT2D eigenvalue weighted by Gasteiger charge is 2.33. The van der Waals surface area contributed by atoms with Crippen molar-refractivity contribution in [1.29, 1.82) is 0 Å². The first-order valence-corrected chi connectivity index (χ1v) is 8.79. The van der Waals surface area contributed by atoms with Gasteiger partial charge in [0.05, 0.1) is 35.8 Å². The Bertz CT molecular complexity index is 824. The minimum atomic E-state index is -3.58. The zero-order chi connectivity index (χ0) is 16.4. The fraction of sp³-hybridized carbons (Fsp3) is 0.235. The number of carbonyl (C=O) groups excluding carboxylic acids is 1. The van der Waals surface area contributed by atoms with Crippen molar-refractivity contribution in [3.63, 3.8) is 0 Å². The summed E-state index contributed by atoms with van der Waals surface area (Å²) in [4.78, 5) is 12.6. The number of rotatable bonds is 4. The van der Waals surface area contributed by atoms with E-state index in [1.807, 2.05) is 0 Å². The maximum Gasteiger partial charge on any atom is 0.179 e. The summed E-state index contributed by atoms with van der Waals surface area (Å²) in [6.45, 7) is 0.0746. The number of ether oxygens (including phenoxy) is 2. The summed E-state index contributed by atoms with van der Waals surface area (Å²) in [7, 11) is -2.06. The number of para-hydroxylation sites is 1. The molecular formula is C17H16O5S. The number of benzene rings is 2. The molecule has 0 fully saturated rings. The van der Waals surface area contributed by atoms with Gasteiger partial charge in [-0.15, -0.1) is 0 Å². The van der Waals surface area contributed by atoms with E-state index in [4.69, 9.17) is 9.47 Å². The molecule has 3 rings (SSSR count). The highest BCUT2D eigenvalue weighted by molar-refractivity contribution is 7.91. The van der Waals surface area contributed by atoms with E-state index in [-0.39, 0.29) is 23.0 Å². The molecular weight excluding hydrogens is 316 g/mol. The molecule has 0 amide bonds. The monoisotopic (exact) mass is 332 g/mol. The second-order valence-corrected chi connectivity index (χ2v) is 7.36. The molecule has 1 aliphatic heterocycles. The van der Waals surface area contributed by atoms with Crippen LogP contribution in [0.4, 0.5) is 0 Å². The predicted molar refractivity (Wildman–Crippen MR) is 84.8 cm³/mol. The van der Waals surface area contributed by atoms with Gasteiger partial charge in [-0.25, -0.2) is 8.42 Å². The van der Waals surface area contributed by atoms with Gasteiger partial charge in [0.2, 0.25) is 0 Å². The molecule has 120 valence electrons. The third-order valence-corrected chi connectivity index (χ3v) is 5.63. The number of methoxy groups -OCH3 is 1. The van der Waals surface area contributed by atoms with Crippen LogP contribution in [0.25, 0.3) is 0 Å². The first-order valence-electron chi connectivity index (χ1n) is 7.14. The lowest BCUT2D eigenvalue weighted by Crippen LogP contribution is -2.33. The van der Waals surface area contributed by atoms with E-state index in [0.29, 0.717) is 17.1 Å². The Balaban J connectivity index is 1.82. The number of ketones is 1. The van der Waals surface area contributed by atoms with Crippen LogP contribution in [0.5, 0.6) is 11.5 Å². The molecule has 0 saturated carbocycles. The van der Waals surface area contributed by atoms with Crippen LogP contribution in [-0.4, -0.2) is 33.7 Å². The van der Waals surface area contributed by atoms with Crippen molar-refractivity contribution in [1.82, 2.24) is 0 Å². The van der Waals surface area contributed by atoms with Gasteiger partial charge in [0.25, 0.3) is 0 Å². The third-order valence-electron chi connectivity index (χ3n) is 3.80. The molecule has 0 spiro atoms. The molecule has 0 aliphatic carbocycles. The van der Waals surface area contributed by atoms with Gasteiger partial charge in [-0.1, -0.05) is 12.1 Å². The van der Waals surface area contributed by atoms with E-state index < -0.39 is 15.8 Å². The summed E-state index contributed by atoms with van der Waals surface area (Å²) < 4.78 is 35.6. The summed E-state index contributed by atoms with van der Waals surface area (Å²) >= 11 is 0. The van der Waals surface area contributed by atoms with Crippen LogP contribution in [0.1, 0.15) is 10.4 Å². The molecule has 5 nitrogen and oxygen atoms in total. The maximum atomic E-state index is 12.5. The van der Waals surface area contributed by atoms with Crippen molar-refractivity contribution in [2.75, 3.05) is 19.5 Å². The largest absolute Gasteiger partial charge is 0.497 e. The normalized spacial score (nSPS) is 17.3. The Kier molecular flexibility index (Phi) is 4.09. The van der Waals surface area contributed by atoms with E-state index in [1.54, 1.807) is 36.4 Å². The van der Waals surface area contributed by atoms with Crippen LogP contribution in [0.3, 0.4) is 0 Å². The van der Waals surface area contributed by atoms with E-state index in [2.05, 4.69) is 0 Å². The lowest BCUT2D eigenvalue weighted by Gasteiger charge is -2.23. The first-order chi connectivity index (χ1) is 11.0. The fourth-order valence-electron chi connectivity index (χ4n) is 2.55. The SMILES string of the molecule is COc1ccc(S(=O)(=O)C[C@H]2COc3ccccc3C2=O)cc1. The summed E-state index contributed by atoms with van der Waals surface area (Å²) in [6, 6.07) is 13.0. The van der Waals surface area contributed by atoms with Crippen molar-refractivity contribution in [2.45, 2.75) is 4.90 Å². The molecule has 23 heavy (non-hydrogen) atoms. The maximum absolute atomic E-state index is 12.5. The average molecular weight is 332 g/mol. The Morgan fingerprint density at radius 3 is 2.52 bits per heavy atom. The van der Waals surface area contributed by atoms with Gasteiger partial charge in [-0.2, -0.15) is 0 Å². The van der Waals surface area contributed by atoms with Crippen LogP contribution in [0.2, 0.25) is 0 Å². The number of Topliss-reactive ketones (excluding diaryl/α,β-unsaturated/α-hetero) is 1. The lowest BCUT2D eigenvalue weighted by atomic mass is 9.97. The summed E-state index contributed by atoms with van der Waals surface area (Å²) in [5.41, 5.74) is 0.439. The number of sulfone groups is 1. The van der Waals surface area contributed by atoms with Gasteiger partial charge in [0.15, 0.2) is 15.6 Å². The van der Waals surface area contributed by atoms with Crippen molar-refractivity contribution in [3.8, 4) is 11.5 Å². The molecule has 1 atom stereocenters. The first kappa shape index (κ1) is 15.6.